The third kappa shape index (κ3) is 4.45. The van der Waals surface area contributed by atoms with Gasteiger partial charge in [-0.15, -0.1) is 11.3 Å². The molecule has 1 aliphatic heterocycles. The number of likely N-dealkylation sites (tertiary alicyclic amines) is 1. The SMILES string of the molecule is Cc1nn(C2CCCCC2)c2sc(C(=O)NC3CCN(C(=O)O)C(C(C)(C)C)C3)cc12. The highest BCUT2D eigenvalue weighted by molar-refractivity contribution is 7.20. The van der Waals surface area contributed by atoms with Gasteiger partial charge in [0.25, 0.3) is 5.91 Å². The zero-order valence-electron chi connectivity index (χ0n) is 19.0. The molecule has 0 spiro atoms. The van der Waals surface area contributed by atoms with E-state index in [0.29, 0.717) is 30.3 Å². The molecule has 2 aromatic rings. The number of rotatable bonds is 3. The predicted molar refractivity (Wildman–Crippen MR) is 123 cm³/mol. The average Bonchev–Trinajstić information content (AvgIpc) is 3.28. The number of piperidine rings is 1. The lowest BCUT2D eigenvalue weighted by Gasteiger charge is -2.44. The van der Waals surface area contributed by atoms with Gasteiger partial charge >= 0.3 is 6.09 Å². The fourth-order valence-electron chi connectivity index (χ4n) is 5.16. The minimum Gasteiger partial charge on any atom is -0.465 e. The Hall–Kier alpha value is -2.09. The van der Waals surface area contributed by atoms with Crippen molar-refractivity contribution in [3.05, 3.63) is 16.6 Å². The molecule has 8 heteroatoms. The van der Waals surface area contributed by atoms with Gasteiger partial charge < -0.3 is 15.3 Å². The van der Waals surface area contributed by atoms with Gasteiger partial charge in [0, 0.05) is 24.0 Å². The molecule has 2 fully saturated rings. The van der Waals surface area contributed by atoms with E-state index >= 15 is 0 Å². The van der Waals surface area contributed by atoms with Crippen LogP contribution in [0.5, 0.6) is 0 Å². The largest absolute Gasteiger partial charge is 0.465 e. The quantitative estimate of drug-likeness (QED) is 0.678. The summed E-state index contributed by atoms with van der Waals surface area (Å²) in [6, 6.07) is 2.28. The summed E-state index contributed by atoms with van der Waals surface area (Å²) in [6.45, 7) is 8.65. The number of aromatic nitrogens is 2. The zero-order valence-corrected chi connectivity index (χ0v) is 19.8. The Kier molecular flexibility index (Phi) is 6.03. The van der Waals surface area contributed by atoms with Crippen LogP contribution in [0.15, 0.2) is 6.07 Å². The maximum atomic E-state index is 13.1. The molecule has 2 aromatic heterocycles. The van der Waals surface area contributed by atoms with E-state index in [1.54, 1.807) is 0 Å². The van der Waals surface area contributed by atoms with Crippen LogP contribution in [-0.2, 0) is 0 Å². The molecule has 2 N–H and O–H groups in total. The van der Waals surface area contributed by atoms with Gasteiger partial charge in [-0.3, -0.25) is 9.48 Å². The van der Waals surface area contributed by atoms with E-state index in [0.717, 1.165) is 28.8 Å². The van der Waals surface area contributed by atoms with E-state index in [1.807, 2.05) is 13.0 Å². The number of carboxylic acid groups (broad SMARTS) is 1. The molecular weight excluding hydrogens is 412 g/mol. The molecule has 3 heterocycles. The summed E-state index contributed by atoms with van der Waals surface area (Å²) in [6.07, 6.45) is 6.51. The monoisotopic (exact) mass is 446 g/mol. The molecule has 2 unspecified atom stereocenters. The molecule has 2 atom stereocenters. The number of carbonyl (C=O) groups is 2. The molecule has 170 valence electrons. The summed E-state index contributed by atoms with van der Waals surface area (Å²) in [5.74, 6) is -0.0581. The second-order valence-corrected chi connectivity index (χ2v) is 11.2. The number of nitrogens with zero attached hydrogens (tertiary/aromatic N) is 3. The molecular formula is C23H34N4O3S. The molecule has 0 aromatic carbocycles. The molecule has 31 heavy (non-hydrogen) atoms. The summed E-state index contributed by atoms with van der Waals surface area (Å²) < 4.78 is 2.16. The maximum Gasteiger partial charge on any atom is 0.407 e. The van der Waals surface area contributed by atoms with E-state index in [2.05, 4.69) is 30.8 Å². The normalized spacial score (nSPS) is 23.3. The van der Waals surface area contributed by atoms with Gasteiger partial charge in [0.1, 0.15) is 4.83 Å². The van der Waals surface area contributed by atoms with Crippen LogP contribution in [0, 0.1) is 12.3 Å². The Labute approximate surface area is 187 Å². The van der Waals surface area contributed by atoms with Crippen molar-refractivity contribution in [1.82, 2.24) is 20.0 Å². The molecule has 0 bridgehead atoms. The van der Waals surface area contributed by atoms with E-state index < -0.39 is 6.09 Å². The van der Waals surface area contributed by atoms with Crippen LogP contribution in [-0.4, -0.2) is 50.4 Å². The summed E-state index contributed by atoms with van der Waals surface area (Å²) in [7, 11) is 0. The van der Waals surface area contributed by atoms with Crippen molar-refractivity contribution in [3.8, 4) is 0 Å². The standard InChI is InChI=1S/C23H34N4O3S/c1-14-17-13-18(31-21(17)27(25-14)16-8-6-5-7-9-16)20(28)24-15-10-11-26(22(29)30)19(12-15)23(2,3)4/h13,15-16,19H,5-12H2,1-4H3,(H,24,28)(H,29,30). The van der Waals surface area contributed by atoms with Crippen LogP contribution >= 0.6 is 11.3 Å². The van der Waals surface area contributed by atoms with Gasteiger partial charge in [0.05, 0.1) is 16.6 Å². The second kappa shape index (κ2) is 8.45. The number of hydrogen-bond donors (Lipinski definition) is 2. The van der Waals surface area contributed by atoms with Crippen LogP contribution in [0.2, 0.25) is 0 Å². The van der Waals surface area contributed by atoms with Crippen molar-refractivity contribution in [2.45, 2.75) is 90.8 Å². The smallest absolute Gasteiger partial charge is 0.407 e. The molecule has 1 saturated carbocycles. The van der Waals surface area contributed by atoms with Crippen molar-refractivity contribution in [2.75, 3.05) is 6.54 Å². The topological polar surface area (TPSA) is 87.5 Å². The lowest BCUT2D eigenvalue weighted by Crippen LogP contribution is -2.55. The number of nitrogens with one attached hydrogen (secondary N) is 1. The number of carbonyl (C=O) groups excluding carboxylic acids is 1. The van der Waals surface area contributed by atoms with Gasteiger partial charge in [0.2, 0.25) is 0 Å². The highest BCUT2D eigenvalue weighted by atomic mass is 32.1. The van der Waals surface area contributed by atoms with Gasteiger partial charge in [-0.25, -0.2) is 4.79 Å². The Balaban J connectivity index is 1.50. The molecule has 1 saturated heterocycles. The number of thiophene rings is 1. The third-order valence-electron chi connectivity index (χ3n) is 6.90. The number of fused-ring (bicyclic) bond motifs is 1. The first-order valence-corrected chi connectivity index (χ1v) is 12.3. The predicted octanol–water partition coefficient (Wildman–Crippen LogP) is 5.20. The van der Waals surface area contributed by atoms with Gasteiger partial charge in [0.15, 0.2) is 0 Å². The first kappa shape index (κ1) is 22.1. The molecule has 1 aliphatic carbocycles. The highest BCUT2D eigenvalue weighted by Gasteiger charge is 2.39. The van der Waals surface area contributed by atoms with E-state index in [-0.39, 0.29) is 23.4 Å². The van der Waals surface area contributed by atoms with Crippen molar-refractivity contribution in [3.63, 3.8) is 0 Å². The lowest BCUT2D eigenvalue weighted by atomic mass is 9.79. The summed E-state index contributed by atoms with van der Waals surface area (Å²) >= 11 is 1.53. The van der Waals surface area contributed by atoms with E-state index in [9.17, 15) is 14.7 Å². The van der Waals surface area contributed by atoms with Gasteiger partial charge in [-0.1, -0.05) is 40.0 Å². The van der Waals surface area contributed by atoms with Gasteiger partial charge in [-0.05, 0) is 44.1 Å². The molecule has 2 amide bonds. The number of amides is 2. The Bertz CT molecular complexity index is 968. The zero-order chi connectivity index (χ0) is 22.3. The van der Waals surface area contributed by atoms with Crippen molar-refractivity contribution in [2.24, 2.45) is 5.41 Å². The lowest BCUT2D eigenvalue weighted by molar-refractivity contribution is 0.0471. The fourth-order valence-corrected chi connectivity index (χ4v) is 6.30. The third-order valence-corrected chi connectivity index (χ3v) is 8.02. The van der Waals surface area contributed by atoms with Crippen LogP contribution < -0.4 is 5.32 Å². The van der Waals surface area contributed by atoms with Crippen molar-refractivity contribution in [1.29, 1.82) is 0 Å². The van der Waals surface area contributed by atoms with Crippen LogP contribution in [0.25, 0.3) is 10.2 Å². The van der Waals surface area contributed by atoms with E-state index in [1.165, 1.54) is 35.5 Å². The van der Waals surface area contributed by atoms with Crippen LogP contribution in [0.1, 0.15) is 87.1 Å². The first-order chi connectivity index (χ1) is 14.6. The van der Waals surface area contributed by atoms with Gasteiger partial charge in [-0.2, -0.15) is 5.10 Å². The number of aryl methyl sites for hydroxylation is 1. The van der Waals surface area contributed by atoms with Crippen LogP contribution in [0.3, 0.4) is 0 Å². The number of hydrogen-bond acceptors (Lipinski definition) is 4. The molecule has 0 radical (unpaired) electrons. The summed E-state index contributed by atoms with van der Waals surface area (Å²) in [5, 5.41) is 18.6. The minimum absolute atomic E-state index is 0.0199. The average molecular weight is 447 g/mol. The molecule has 4 rings (SSSR count). The minimum atomic E-state index is -0.878. The Morgan fingerprint density at radius 1 is 1.19 bits per heavy atom. The van der Waals surface area contributed by atoms with Crippen molar-refractivity contribution >= 4 is 33.6 Å². The highest BCUT2D eigenvalue weighted by Crippen LogP contribution is 2.36. The van der Waals surface area contributed by atoms with Crippen LogP contribution in [0.4, 0.5) is 4.79 Å². The fraction of sp³-hybridized carbons (Fsp3) is 0.696. The maximum absolute atomic E-state index is 13.1. The van der Waals surface area contributed by atoms with Crippen molar-refractivity contribution < 1.29 is 14.7 Å². The second-order valence-electron chi connectivity index (χ2n) is 10.2. The first-order valence-electron chi connectivity index (χ1n) is 11.4. The van der Waals surface area contributed by atoms with E-state index in [4.69, 9.17) is 5.10 Å². The molecule has 7 nitrogen and oxygen atoms in total. The Morgan fingerprint density at radius 3 is 2.55 bits per heavy atom. The Morgan fingerprint density at radius 2 is 1.90 bits per heavy atom. The summed E-state index contributed by atoms with van der Waals surface area (Å²) in [4.78, 5) is 28.1. The summed E-state index contributed by atoms with van der Waals surface area (Å²) in [5.41, 5.74) is 0.804. The molecule has 2 aliphatic rings.